The smallest absolute Gasteiger partial charge is 0.305 e. The quantitative estimate of drug-likeness (QED) is 0.573. The molecule has 0 fully saturated rings. The van der Waals surface area contributed by atoms with E-state index >= 15 is 0 Å². The summed E-state index contributed by atoms with van der Waals surface area (Å²) < 4.78 is 4.53. The van der Waals surface area contributed by atoms with E-state index in [0.717, 1.165) is 5.69 Å². The molecular formula is C12H16N2O3. The average molecular weight is 236 g/mol. The summed E-state index contributed by atoms with van der Waals surface area (Å²) in [6.07, 6.45) is 1.09. The van der Waals surface area contributed by atoms with E-state index in [9.17, 15) is 9.59 Å². The van der Waals surface area contributed by atoms with Crippen LogP contribution in [0.15, 0.2) is 24.3 Å². The van der Waals surface area contributed by atoms with Crippen LogP contribution in [0.4, 0.5) is 5.69 Å². The number of amides is 1. The number of carbonyl (C=O) groups is 2. The van der Waals surface area contributed by atoms with E-state index in [1.54, 1.807) is 24.3 Å². The fraction of sp³-hybridized carbons (Fsp3) is 0.333. The van der Waals surface area contributed by atoms with Gasteiger partial charge >= 0.3 is 5.97 Å². The predicted molar refractivity (Wildman–Crippen MR) is 64.7 cm³/mol. The minimum absolute atomic E-state index is 0.212. The Morgan fingerprint density at radius 1 is 1.29 bits per heavy atom. The van der Waals surface area contributed by atoms with Gasteiger partial charge in [-0.15, -0.1) is 0 Å². The minimum Gasteiger partial charge on any atom is -0.469 e. The van der Waals surface area contributed by atoms with Gasteiger partial charge in [0.05, 0.1) is 7.11 Å². The second-order valence-corrected chi connectivity index (χ2v) is 3.55. The number of benzene rings is 1. The zero-order valence-electron chi connectivity index (χ0n) is 9.73. The lowest BCUT2D eigenvalue weighted by Crippen LogP contribution is -2.11. The number of ether oxygens (including phenoxy) is 1. The summed E-state index contributed by atoms with van der Waals surface area (Å²) in [7, 11) is 1.37. The lowest BCUT2D eigenvalue weighted by Gasteiger charge is -2.06. The van der Waals surface area contributed by atoms with Crippen molar-refractivity contribution in [1.29, 1.82) is 0 Å². The van der Waals surface area contributed by atoms with Gasteiger partial charge in [-0.1, -0.05) is 0 Å². The topological polar surface area (TPSA) is 81.4 Å². The zero-order chi connectivity index (χ0) is 12.7. The average Bonchev–Trinajstić information content (AvgIpc) is 2.34. The standard InChI is InChI=1S/C12H16N2O3/c1-17-11(15)3-2-8-14-10-6-4-9(5-7-10)12(13)16/h4-7,14H,2-3,8H2,1H3,(H2,13,16). The van der Waals surface area contributed by atoms with Crippen molar-refractivity contribution in [1.82, 2.24) is 0 Å². The molecular weight excluding hydrogens is 220 g/mol. The molecule has 3 N–H and O–H groups in total. The van der Waals surface area contributed by atoms with Gasteiger partial charge in [-0.2, -0.15) is 0 Å². The van der Waals surface area contributed by atoms with Crippen molar-refractivity contribution in [2.45, 2.75) is 12.8 Å². The molecule has 0 aromatic heterocycles. The van der Waals surface area contributed by atoms with Crippen molar-refractivity contribution in [3.63, 3.8) is 0 Å². The molecule has 1 aromatic carbocycles. The second-order valence-electron chi connectivity index (χ2n) is 3.55. The van der Waals surface area contributed by atoms with Crippen LogP contribution in [0, 0.1) is 0 Å². The van der Waals surface area contributed by atoms with Gasteiger partial charge < -0.3 is 15.8 Å². The van der Waals surface area contributed by atoms with E-state index in [1.807, 2.05) is 0 Å². The fourth-order valence-corrected chi connectivity index (χ4v) is 1.32. The second kappa shape index (κ2) is 6.52. The van der Waals surface area contributed by atoms with Crippen LogP contribution in [0.25, 0.3) is 0 Å². The molecule has 0 aliphatic carbocycles. The van der Waals surface area contributed by atoms with Crippen molar-refractivity contribution in [2.75, 3.05) is 19.0 Å². The summed E-state index contributed by atoms with van der Waals surface area (Å²) in [4.78, 5) is 21.7. The van der Waals surface area contributed by atoms with Crippen LogP contribution in [-0.2, 0) is 9.53 Å². The zero-order valence-corrected chi connectivity index (χ0v) is 9.73. The predicted octanol–water partition coefficient (Wildman–Crippen LogP) is 1.15. The largest absolute Gasteiger partial charge is 0.469 e. The Morgan fingerprint density at radius 2 is 1.94 bits per heavy atom. The van der Waals surface area contributed by atoms with Crippen molar-refractivity contribution in [3.05, 3.63) is 29.8 Å². The first-order chi connectivity index (χ1) is 8.13. The van der Waals surface area contributed by atoms with Crippen LogP contribution in [-0.4, -0.2) is 25.5 Å². The van der Waals surface area contributed by atoms with Crippen molar-refractivity contribution in [2.24, 2.45) is 5.73 Å². The lowest BCUT2D eigenvalue weighted by atomic mass is 10.2. The summed E-state index contributed by atoms with van der Waals surface area (Å²) in [5, 5.41) is 3.13. The lowest BCUT2D eigenvalue weighted by molar-refractivity contribution is -0.140. The molecule has 0 radical (unpaired) electrons. The number of esters is 1. The van der Waals surface area contributed by atoms with Gasteiger partial charge in [0, 0.05) is 24.2 Å². The highest BCUT2D eigenvalue weighted by molar-refractivity contribution is 5.93. The van der Waals surface area contributed by atoms with E-state index in [-0.39, 0.29) is 5.97 Å². The van der Waals surface area contributed by atoms with Crippen molar-refractivity contribution in [3.8, 4) is 0 Å². The maximum Gasteiger partial charge on any atom is 0.305 e. The molecule has 0 unspecified atom stereocenters. The third-order valence-corrected chi connectivity index (χ3v) is 2.28. The molecule has 1 rings (SSSR count). The Bertz CT molecular complexity index is 387. The molecule has 0 aliphatic heterocycles. The van der Waals surface area contributed by atoms with E-state index < -0.39 is 5.91 Å². The molecule has 1 amide bonds. The molecule has 0 bridgehead atoms. The Labute approximate surface area is 99.9 Å². The van der Waals surface area contributed by atoms with Crippen LogP contribution in [0.5, 0.6) is 0 Å². The fourth-order valence-electron chi connectivity index (χ4n) is 1.32. The number of nitrogens with one attached hydrogen (secondary N) is 1. The van der Waals surface area contributed by atoms with Crippen molar-refractivity contribution >= 4 is 17.6 Å². The molecule has 5 nitrogen and oxygen atoms in total. The third-order valence-electron chi connectivity index (χ3n) is 2.28. The number of hydrogen-bond donors (Lipinski definition) is 2. The van der Waals surface area contributed by atoms with Crippen LogP contribution in [0.2, 0.25) is 0 Å². The minimum atomic E-state index is -0.442. The highest BCUT2D eigenvalue weighted by Crippen LogP contribution is 2.09. The highest BCUT2D eigenvalue weighted by atomic mass is 16.5. The van der Waals surface area contributed by atoms with E-state index in [1.165, 1.54) is 7.11 Å². The van der Waals surface area contributed by atoms with Gasteiger partial charge in [0.2, 0.25) is 5.91 Å². The monoisotopic (exact) mass is 236 g/mol. The molecule has 1 aromatic rings. The number of anilines is 1. The van der Waals surface area contributed by atoms with Gasteiger partial charge in [0.25, 0.3) is 0 Å². The number of rotatable bonds is 6. The number of hydrogen-bond acceptors (Lipinski definition) is 4. The molecule has 5 heteroatoms. The molecule has 92 valence electrons. The Kier molecular flexibility index (Phi) is 5.00. The summed E-state index contributed by atoms with van der Waals surface area (Å²) in [6, 6.07) is 6.87. The third kappa shape index (κ3) is 4.55. The highest BCUT2D eigenvalue weighted by Gasteiger charge is 2.01. The van der Waals surface area contributed by atoms with Gasteiger partial charge in [0.15, 0.2) is 0 Å². The van der Waals surface area contributed by atoms with E-state index in [0.29, 0.717) is 24.9 Å². The van der Waals surface area contributed by atoms with Gasteiger partial charge in [-0.25, -0.2) is 0 Å². The number of methoxy groups -OCH3 is 1. The van der Waals surface area contributed by atoms with Crippen LogP contribution in [0.1, 0.15) is 23.2 Å². The van der Waals surface area contributed by atoms with Gasteiger partial charge in [-0.3, -0.25) is 9.59 Å². The first-order valence-corrected chi connectivity index (χ1v) is 5.34. The summed E-state index contributed by atoms with van der Waals surface area (Å²) in [5.74, 6) is -0.655. The molecule has 0 heterocycles. The van der Waals surface area contributed by atoms with Crippen LogP contribution in [0.3, 0.4) is 0 Å². The summed E-state index contributed by atoms with van der Waals surface area (Å²) in [5.41, 5.74) is 6.49. The molecule has 0 saturated heterocycles. The van der Waals surface area contributed by atoms with Crippen molar-refractivity contribution < 1.29 is 14.3 Å². The SMILES string of the molecule is COC(=O)CCCNc1ccc(C(N)=O)cc1. The molecule has 0 spiro atoms. The molecule has 0 atom stereocenters. The van der Waals surface area contributed by atoms with Gasteiger partial charge in [-0.05, 0) is 30.7 Å². The number of primary amides is 1. The van der Waals surface area contributed by atoms with Crippen LogP contribution >= 0.6 is 0 Å². The van der Waals surface area contributed by atoms with E-state index in [4.69, 9.17) is 5.73 Å². The first-order valence-electron chi connectivity index (χ1n) is 5.34. The molecule has 17 heavy (non-hydrogen) atoms. The normalized spacial score (nSPS) is 9.71. The molecule has 0 aliphatic rings. The maximum atomic E-state index is 10.8. The Balaban J connectivity index is 2.32. The Hall–Kier alpha value is -2.04. The van der Waals surface area contributed by atoms with Gasteiger partial charge in [0.1, 0.15) is 0 Å². The Morgan fingerprint density at radius 3 is 2.47 bits per heavy atom. The maximum absolute atomic E-state index is 10.8. The van der Waals surface area contributed by atoms with E-state index in [2.05, 4.69) is 10.1 Å². The number of carbonyl (C=O) groups excluding carboxylic acids is 2. The molecule has 0 saturated carbocycles. The van der Waals surface area contributed by atoms with Crippen LogP contribution < -0.4 is 11.1 Å². The number of nitrogens with two attached hydrogens (primary N) is 1. The summed E-state index contributed by atoms with van der Waals surface area (Å²) in [6.45, 7) is 0.672. The first kappa shape index (κ1) is 13.0. The summed E-state index contributed by atoms with van der Waals surface area (Å²) >= 11 is 0.